The summed E-state index contributed by atoms with van der Waals surface area (Å²) in [4.78, 5) is 0. The van der Waals surface area contributed by atoms with Crippen LogP contribution in [-0.2, 0) is 13.1 Å². The lowest BCUT2D eigenvalue weighted by atomic mass is 10.2. The van der Waals surface area contributed by atoms with E-state index in [1.807, 2.05) is 76.7 Å². The fourth-order valence-electron chi connectivity index (χ4n) is 3.47. The molecular formula is C23H21Cl2N3O. The highest BCUT2D eigenvalue weighted by atomic mass is 35.5. The molecule has 0 bridgehead atoms. The zero-order chi connectivity index (χ0) is 20.4. The van der Waals surface area contributed by atoms with Crippen molar-refractivity contribution in [3.63, 3.8) is 0 Å². The topological polar surface area (TPSA) is 42.9 Å². The van der Waals surface area contributed by atoms with E-state index in [2.05, 4.69) is 0 Å². The van der Waals surface area contributed by atoms with Gasteiger partial charge in [-0.05, 0) is 48.4 Å². The SMILES string of the molecule is Cc1ccccc1OCCn1c(=N)n(Cc2ccc(Cl)c(Cl)c2)c2ccccc21. The van der Waals surface area contributed by atoms with Gasteiger partial charge in [-0.3, -0.25) is 5.41 Å². The highest BCUT2D eigenvalue weighted by Crippen LogP contribution is 2.24. The fraction of sp³-hybridized carbons (Fsp3) is 0.174. The molecule has 1 N–H and O–H groups in total. The molecule has 0 radical (unpaired) electrons. The Hall–Kier alpha value is -2.69. The van der Waals surface area contributed by atoms with Crippen molar-refractivity contribution < 1.29 is 4.74 Å². The quantitative estimate of drug-likeness (QED) is 0.425. The number of fused-ring (bicyclic) bond motifs is 1. The van der Waals surface area contributed by atoms with Crippen LogP contribution in [0.5, 0.6) is 5.75 Å². The van der Waals surface area contributed by atoms with Crippen LogP contribution in [-0.4, -0.2) is 15.7 Å². The number of nitrogens with one attached hydrogen (secondary N) is 1. The van der Waals surface area contributed by atoms with Crippen molar-refractivity contribution in [2.75, 3.05) is 6.61 Å². The zero-order valence-corrected chi connectivity index (χ0v) is 17.5. The molecule has 0 aliphatic heterocycles. The molecule has 0 aliphatic rings. The van der Waals surface area contributed by atoms with Crippen LogP contribution >= 0.6 is 23.2 Å². The van der Waals surface area contributed by atoms with Crippen LogP contribution < -0.4 is 10.4 Å². The first-order valence-electron chi connectivity index (χ1n) is 9.39. The number of benzene rings is 3. The molecule has 148 valence electrons. The first-order chi connectivity index (χ1) is 14.0. The van der Waals surface area contributed by atoms with Crippen LogP contribution in [0.1, 0.15) is 11.1 Å². The smallest absolute Gasteiger partial charge is 0.203 e. The summed E-state index contributed by atoms with van der Waals surface area (Å²) in [7, 11) is 0. The maximum atomic E-state index is 8.76. The lowest BCUT2D eigenvalue weighted by Crippen LogP contribution is -2.27. The molecule has 4 aromatic rings. The molecule has 29 heavy (non-hydrogen) atoms. The summed E-state index contributed by atoms with van der Waals surface area (Å²) < 4.78 is 9.91. The average molecular weight is 426 g/mol. The number of imidazole rings is 1. The molecule has 6 heteroatoms. The van der Waals surface area contributed by atoms with E-state index in [1.165, 1.54) is 0 Å². The van der Waals surface area contributed by atoms with E-state index in [4.69, 9.17) is 33.3 Å². The van der Waals surface area contributed by atoms with Gasteiger partial charge in [-0.1, -0.05) is 59.6 Å². The molecule has 0 amide bonds. The third-order valence-corrected chi connectivity index (χ3v) is 5.70. The number of halogens is 2. The van der Waals surface area contributed by atoms with E-state index < -0.39 is 0 Å². The van der Waals surface area contributed by atoms with Crippen LogP contribution in [0.15, 0.2) is 66.7 Å². The number of para-hydroxylation sites is 3. The maximum absolute atomic E-state index is 8.76. The number of rotatable bonds is 6. The van der Waals surface area contributed by atoms with Crippen molar-refractivity contribution in [3.05, 3.63) is 93.5 Å². The minimum atomic E-state index is 0.422. The first kappa shape index (κ1) is 19.6. The molecule has 4 nitrogen and oxygen atoms in total. The maximum Gasteiger partial charge on any atom is 0.203 e. The number of hydrogen-bond donors (Lipinski definition) is 1. The Bertz CT molecular complexity index is 1230. The molecule has 0 atom stereocenters. The van der Waals surface area contributed by atoms with Gasteiger partial charge in [0.2, 0.25) is 5.62 Å². The number of hydrogen-bond acceptors (Lipinski definition) is 2. The summed E-state index contributed by atoms with van der Waals surface area (Å²) in [6.45, 7) is 3.65. The average Bonchev–Trinajstić information content (AvgIpc) is 2.98. The number of aromatic nitrogens is 2. The van der Waals surface area contributed by atoms with E-state index >= 15 is 0 Å². The van der Waals surface area contributed by atoms with Gasteiger partial charge >= 0.3 is 0 Å². The lowest BCUT2D eigenvalue weighted by Gasteiger charge is -2.10. The van der Waals surface area contributed by atoms with Gasteiger partial charge in [-0.25, -0.2) is 0 Å². The van der Waals surface area contributed by atoms with Gasteiger partial charge < -0.3 is 13.9 Å². The van der Waals surface area contributed by atoms with E-state index in [0.29, 0.717) is 35.4 Å². The predicted molar refractivity (Wildman–Crippen MR) is 118 cm³/mol. The van der Waals surface area contributed by atoms with Gasteiger partial charge in [0.05, 0.1) is 34.2 Å². The highest BCUT2D eigenvalue weighted by Gasteiger charge is 2.12. The van der Waals surface area contributed by atoms with Crippen LogP contribution in [0.2, 0.25) is 10.0 Å². The molecule has 0 saturated heterocycles. The van der Waals surface area contributed by atoms with Gasteiger partial charge in [0.1, 0.15) is 12.4 Å². The van der Waals surface area contributed by atoms with Gasteiger partial charge in [-0.15, -0.1) is 0 Å². The minimum absolute atomic E-state index is 0.422. The Balaban J connectivity index is 1.63. The molecule has 0 fully saturated rings. The van der Waals surface area contributed by atoms with Crippen molar-refractivity contribution in [2.45, 2.75) is 20.0 Å². The minimum Gasteiger partial charge on any atom is -0.491 e. The summed E-state index contributed by atoms with van der Waals surface area (Å²) in [5.41, 5.74) is 4.53. The Kier molecular flexibility index (Phi) is 5.65. The predicted octanol–water partition coefficient (Wildman–Crippen LogP) is 5.66. The Labute approximate surface area is 179 Å². The molecule has 0 aliphatic carbocycles. The highest BCUT2D eigenvalue weighted by molar-refractivity contribution is 6.42. The Morgan fingerprint density at radius 2 is 1.55 bits per heavy atom. The van der Waals surface area contributed by atoms with Gasteiger partial charge in [0.15, 0.2) is 0 Å². The molecule has 0 unspecified atom stereocenters. The first-order valence-corrected chi connectivity index (χ1v) is 10.1. The van der Waals surface area contributed by atoms with Crippen LogP contribution in [0.25, 0.3) is 11.0 Å². The molecule has 3 aromatic carbocycles. The molecule has 1 heterocycles. The summed E-state index contributed by atoms with van der Waals surface area (Å²) in [6, 6.07) is 21.6. The second-order valence-corrected chi connectivity index (χ2v) is 7.73. The Morgan fingerprint density at radius 1 is 0.862 bits per heavy atom. The number of aryl methyl sites for hydroxylation is 1. The zero-order valence-electron chi connectivity index (χ0n) is 16.0. The van der Waals surface area contributed by atoms with Crippen LogP contribution in [0.4, 0.5) is 0 Å². The van der Waals surface area contributed by atoms with E-state index in [9.17, 15) is 0 Å². The van der Waals surface area contributed by atoms with Crippen molar-refractivity contribution in [3.8, 4) is 5.75 Å². The van der Waals surface area contributed by atoms with Gasteiger partial charge in [0.25, 0.3) is 0 Å². The monoisotopic (exact) mass is 425 g/mol. The lowest BCUT2D eigenvalue weighted by molar-refractivity contribution is 0.295. The molecule has 0 saturated carbocycles. The van der Waals surface area contributed by atoms with E-state index in [-0.39, 0.29) is 0 Å². The molecule has 4 rings (SSSR count). The largest absolute Gasteiger partial charge is 0.491 e. The summed E-state index contributed by atoms with van der Waals surface area (Å²) in [5.74, 6) is 0.874. The molecule has 0 spiro atoms. The fourth-order valence-corrected chi connectivity index (χ4v) is 3.79. The summed E-state index contributed by atoms with van der Waals surface area (Å²) in [6.07, 6.45) is 0. The third kappa shape index (κ3) is 4.04. The standard InChI is InChI=1S/C23H21Cl2N3O/c1-16-6-2-5-9-22(16)29-13-12-27-20-7-3-4-8-21(20)28(23(27)26)15-17-10-11-18(24)19(25)14-17/h2-11,14,26H,12-13,15H2,1H3. The van der Waals surface area contributed by atoms with Crippen molar-refractivity contribution >= 4 is 34.2 Å². The van der Waals surface area contributed by atoms with E-state index in [1.54, 1.807) is 6.07 Å². The molecule has 1 aromatic heterocycles. The normalized spacial score (nSPS) is 11.1. The van der Waals surface area contributed by atoms with E-state index in [0.717, 1.165) is 27.9 Å². The van der Waals surface area contributed by atoms with Crippen molar-refractivity contribution in [2.24, 2.45) is 0 Å². The van der Waals surface area contributed by atoms with Crippen molar-refractivity contribution in [1.82, 2.24) is 9.13 Å². The van der Waals surface area contributed by atoms with Crippen LogP contribution in [0, 0.1) is 12.3 Å². The van der Waals surface area contributed by atoms with Crippen LogP contribution in [0.3, 0.4) is 0 Å². The summed E-state index contributed by atoms with van der Waals surface area (Å²) in [5, 5.41) is 9.81. The second-order valence-electron chi connectivity index (χ2n) is 6.91. The van der Waals surface area contributed by atoms with Gasteiger partial charge in [-0.2, -0.15) is 0 Å². The molecular weight excluding hydrogens is 405 g/mol. The van der Waals surface area contributed by atoms with Crippen molar-refractivity contribution in [1.29, 1.82) is 5.41 Å². The Morgan fingerprint density at radius 3 is 2.28 bits per heavy atom. The van der Waals surface area contributed by atoms with Gasteiger partial charge in [0, 0.05) is 0 Å². The summed E-state index contributed by atoms with van der Waals surface area (Å²) >= 11 is 12.2. The second kappa shape index (κ2) is 8.36. The number of ether oxygens (including phenoxy) is 1. The third-order valence-electron chi connectivity index (χ3n) is 4.97. The number of nitrogens with zero attached hydrogens (tertiary/aromatic N) is 2.